The van der Waals surface area contributed by atoms with Crippen LogP contribution in [-0.4, -0.2) is 21.0 Å². The highest BCUT2D eigenvalue weighted by Crippen LogP contribution is 2.28. The zero-order valence-electron chi connectivity index (χ0n) is 11.9. The summed E-state index contributed by atoms with van der Waals surface area (Å²) in [6.45, 7) is 11.0. The third-order valence-electron chi connectivity index (χ3n) is 3.53. The number of nitrogens with one attached hydrogen (secondary N) is 1. The Bertz CT molecular complexity index is 446. The van der Waals surface area contributed by atoms with Gasteiger partial charge in [-0.25, -0.2) is 0 Å². The Labute approximate surface area is 108 Å². The van der Waals surface area contributed by atoms with Crippen molar-refractivity contribution >= 4 is 11.6 Å². The van der Waals surface area contributed by atoms with Gasteiger partial charge in [-0.3, -0.25) is 4.57 Å². The van der Waals surface area contributed by atoms with Crippen LogP contribution in [0.3, 0.4) is 0 Å². The summed E-state index contributed by atoms with van der Waals surface area (Å²) in [6.07, 6.45) is 0. The van der Waals surface area contributed by atoms with Crippen molar-refractivity contribution in [3.05, 3.63) is 15.9 Å². The Morgan fingerprint density at radius 2 is 2.06 bits per heavy atom. The first-order chi connectivity index (χ1) is 8.14. The van der Waals surface area contributed by atoms with Gasteiger partial charge in [-0.2, -0.15) is 0 Å². The zero-order chi connectivity index (χ0) is 14.1. The molecule has 1 rings (SSSR count). The minimum absolute atomic E-state index is 0.101. The van der Waals surface area contributed by atoms with Crippen molar-refractivity contribution in [2.75, 3.05) is 11.9 Å². The molecule has 102 valence electrons. The molecule has 0 aliphatic heterocycles. The third kappa shape index (κ3) is 3.00. The first-order valence-corrected chi connectivity index (χ1v) is 6.06. The number of nitrogens with zero attached hydrogens (tertiary/aromatic N) is 3. The van der Waals surface area contributed by atoms with E-state index >= 15 is 0 Å². The van der Waals surface area contributed by atoms with Crippen LogP contribution in [0.15, 0.2) is 0 Å². The summed E-state index contributed by atoms with van der Waals surface area (Å²) in [7, 11) is 1.78. The maximum absolute atomic E-state index is 10.9. The molecule has 0 spiro atoms. The second kappa shape index (κ2) is 4.96. The fourth-order valence-electron chi connectivity index (χ4n) is 1.47. The number of nitro groups is 1. The number of hydrogen-bond donors (Lipinski definition) is 1. The number of rotatable bonds is 4. The first-order valence-electron chi connectivity index (χ1n) is 6.06. The molecular weight excluding hydrogens is 232 g/mol. The zero-order valence-corrected chi connectivity index (χ0v) is 11.9. The van der Waals surface area contributed by atoms with Crippen molar-refractivity contribution in [2.24, 2.45) is 18.4 Å². The van der Waals surface area contributed by atoms with Gasteiger partial charge in [0.05, 0.1) is 0 Å². The SMILES string of the molecule is Cc1nc([N+](=O)[O-])c(NCC(C)C(C)(C)C)n1C. The van der Waals surface area contributed by atoms with E-state index in [0.29, 0.717) is 24.1 Å². The average molecular weight is 254 g/mol. The van der Waals surface area contributed by atoms with Gasteiger partial charge in [-0.05, 0) is 21.2 Å². The molecule has 0 saturated carbocycles. The maximum Gasteiger partial charge on any atom is 0.406 e. The molecule has 0 fully saturated rings. The van der Waals surface area contributed by atoms with Crippen LogP contribution >= 0.6 is 0 Å². The van der Waals surface area contributed by atoms with Gasteiger partial charge >= 0.3 is 5.82 Å². The number of aryl methyl sites for hydroxylation is 1. The lowest BCUT2D eigenvalue weighted by molar-refractivity contribution is -0.388. The van der Waals surface area contributed by atoms with Crippen molar-refractivity contribution < 1.29 is 4.92 Å². The smallest absolute Gasteiger partial charge is 0.364 e. The van der Waals surface area contributed by atoms with Crippen LogP contribution in [0.4, 0.5) is 11.6 Å². The Kier molecular flexibility index (Phi) is 3.98. The van der Waals surface area contributed by atoms with Gasteiger partial charge in [0.1, 0.15) is 0 Å². The lowest BCUT2D eigenvalue weighted by Crippen LogP contribution is -2.25. The molecule has 0 radical (unpaired) electrons. The molecule has 0 aliphatic rings. The van der Waals surface area contributed by atoms with Crippen LogP contribution in [0.25, 0.3) is 0 Å². The van der Waals surface area contributed by atoms with Crippen LogP contribution in [0.1, 0.15) is 33.5 Å². The molecule has 1 aromatic heterocycles. The minimum Gasteiger partial charge on any atom is -0.364 e. The topological polar surface area (TPSA) is 73.0 Å². The van der Waals surface area contributed by atoms with Gasteiger partial charge in [0.2, 0.25) is 11.6 Å². The van der Waals surface area contributed by atoms with Crippen LogP contribution in [0.5, 0.6) is 0 Å². The van der Waals surface area contributed by atoms with Crippen molar-refractivity contribution in [3.63, 3.8) is 0 Å². The Morgan fingerprint density at radius 3 is 2.50 bits per heavy atom. The lowest BCUT2D eigenvalue weighted by atomic mass is 9.82. The fourth-order valence-corrected chi connectivity index (χ4v) is 1.47. The summed E-state index contributed by atoms with van der Waals surface area (Å²) in [5.74, 6) is 1.41. The summed E-state index contributed by atoms with van der Waals surface area (Å²) in [5.41, 5.74) is 0.162. The molecule has 0 bridgehead atoms. The van der Waals surface area contributed by atoms with Gasteiger partial charge in [0.25, 0.3) is 0 Å². The van der Waals surface area contributed by atoms with Gasteiger partial charge in [-0.15, -0.1) is 0 Å². The maximum atomic E-state index is 10.9. The predicted octanol–water partition coefficient (Wildman–Crippen LogP) is 2.73. The van der Waals surface area contributed by atoms with E-state index in [-0.39, 0.29) is 11.2 Å². The van der Waals surface area contributed by atoms with Gasteiger partial charge in [-0.1, -0.05) is 27.7 Å². The van der Waals surface area contributed by atoms with Gasteiger partial charge in [0, 0.05) is 20.5 Å². The highest BCUT2D eigenvalue weighted by Gasteiger charge is 2.25. The molecular formula is C12H22N4O2. The molecule has 0 amide bonds. The average Bonchev–Trinajstić information content (AvgIpc) is 2.51. The van der Waals surface area contributed by atoms with E-state index in [1.54, 1.807) is 18.5 Å². The summed E-state index contributed by atoms with van der Waals surface area (Å²) in [6, 6.07) is 0. The van der Waals surface area contributed by atoms with E-state index in [9.17, 15) is 10.1 Å². The summed E-state index contributed by atoms with van der Waals surface area (Å²) in [5, 5.41) is 14.1. The molecule has 1 N–H and O–H groups in total. The Morgan fingerprint density at radius 1 is 1.50 bits per heavy atom. The molecule has 6 nitrogen and oxygen atoms in total. The van der Waals surface area contributed by atoms with Crippen LogP contribution < -0.4 is 5.32 Å². The predicted molar refractivity (Wildman–Crippen MR) is 71.7 cm³/mol. The molecule has 1 aromatic rings. The number of imidazole rings is 1. The molecule has 1 atom stereocenters. The van der Waals surface area contributed by atoms with Gasteiger partial charge in [0.15, 0.2) is 0 Å². The van der Waals surface area contributed by atoms with E-state index in [1.165, 1.54) is 0 Å². The van der Waals surface area contributed by atoms with E-state index in [0.717, 1.165) is 0 Å². The van der Waals surface area contributed by atoms with Crippen LogP contribution in [0.2, 0.25) is 0 Å². The lowest BCUT2D eigenvalue weighted by Gasteiger charge is -2.27. The quantitative estimate of drug-likeness (QED) is 0.662. The van der Waals surface area contributed by atoms with E-state index < -0.39 is 4.92 Å². The number of anilines is 1. The molecule has 1 heterocycles. The Balaban J connectivity index is 2.88. The normalized spacial score (nSPS) is 13.4. The fraction of sp³-hybridized carbons (Fsp3) is 0.750. The Hall–Kier alpha value is -1.59. The summed E-state index contributed by atoms with van der Waals surface area (Å²) < 4.78 is 1.72. The molecule has 0 aromatic carbocycles. The van der Waals surface area contributed by atoms with E-state index in [2.05, 4.69) is 38.0 Å². The van der Waals surface area contributed by atoms with Crippen LogP contribution in [0, 0.1) is 28.4 Å². The highest BCUT2D eigenvalue weighted by molar-refractivity contribution is 5.53. The molecule has 1 unspecified atom stereocenters. The minimum atomic E-state index is -0.447. The molecule has 0 aliphatic carbocycles. The standard InChI is InChI=1S/C12H22N4O2/c1-8(12(3,4)5)7-13-10-11(16(17)18)14-9(2)15(10)6/h8,13H,7H2,1-6H3. The summed E-state index contributed by atoms with van der Waals surface area (Å²) >= 11 is 0. The van der Waals surface area contributed by atoms with E-state index in [4.69, 9.17) is 0 Å². The van der Waals surface area contributed by atoms with Crippen molar-refractivity contribution in [3.8, 4) is 0 Å². The van der Waals surface area contributed by atoms with Crippen molar-refractivity contribution in [1.82, 2.24) is 9.55 Å². The molecule has 18 heavy (non-hydrogen) atoms. The largest absolute Gasteiger partial charge is 0.406 e. The first kappa shape index (κ1) is 14.5. The second-order valence-corrected chi connectivity index (χ2v) is 5.80. The third-order valence-corrected chi connectivity index (χ3v) is 3.53. The van der Waals surface area contributed by atoms with Crippen LogP contribution in [-0.2, 0) is 7.05 Å². The second-order valence-electron chi connectivity index (χ2n) is 5.80. The van der Waals surface area contributed by atoms with Crippen molar-refractivity contribution in [1.29, 1.82) is 0 Å². The number of aromatic nitrogens is 2. The van der Waals surface area contributed by atoms with Gasteiger partial charge < -0.3 is 15.4 Å². The van der Waals surface area contributed by atoms with Crippen molar-refractivity contribution in [2.45, 2.75) is 34.6 Å². The number of hydrogen-bond acceptors (Lipinski definition) is 4. The molecule has 6 heteroatoms. The summed E-state index contributed by atoms with van der Waals surface area (Å²) in [4.78, 5) is 14.4. The van der Waals surface area contributed by atoms with E-state index in [1.807, 2.05) is 0 Å². The highest BCUT2D eigenvalue weighted by atomic mass is 16.6. The monoisotopic (exact) mass is 254 g/mol. The molecule has 0 saturated heterocycles.